The summed E-state index contributed by atoms with van der Waals surface area (Å²) in [5, 5.41) is -2.30. The lowest BCUT2D eigenvalue weighted by Crippen LogP contribution is -2.41. The lowest BCUT2D eigenvalue weighted by Gasteiger charge is -2.23. The summed E-state index contributed by atoms with van der Waals surface area (Å²) in [7, 11) is -4.92. The van der Waals surface area contributed by atoms with Crippen LogP contribution in [0.25, 0.3) is 0 Å². The zero-order valence-electron chi connectivity index (χ0n) is 15.4. The number of rotatable bonds is 7. The predicted octanol–water partition coefficient (Wildman–Crippen LogP) is 2.20. The molecule has 0 heterocycles. The fourth-order valence-corrected chi connectivity index (χ4v) is 6.65. The quantitative estimate of drug-likeness (QED) is 0.396. The normalized spacial score (nSPS) is 38.1. The van der Waals surface area contributed by atoms with Gasteiger partial charge >= 0.3 is 11.9 Å². The SMILES string of the molecule is O=C(OCC1CC2CCC1C2)C(C(=O)OCC1CC2CCC1C2)S(=O)(=O)O. The van der Waals surface area contributed by atoms with Crippen molar-refractivity contribution in [3.63, 3.8) is 0 Å². The summed E-state index contributed by atoms with van der Waals surface area (Å²) >= 11 is 0. The van der Waals surface area contributed by atoms with Crippen LogP contribution in [0.1, 0.15) is 51.4 Å². The molecule has 7 nitrogen and oxygen atoms in total. The first-order valence-electron chi connectivity index (χ1n) is 10.1. The molecule has 0 spiro atoms. The highest BCUT2D eigenvalue weighted by Gasteiger charge is 2.45. The molecule has 0 amide bonds. The van der Waals surface area contributed by atoms with Crippen molar-refractivity contribution in [1.29, 1.82) is 0 Å². The standard InChI is InChI=1S/C19H28O7S/c20-18(25-9-15-7-11-1-3-13(15)5-11)17(27(22,23)24)19(21)26-10-16-8-12-2-4-14(16)6-12/h11-17H,1-10H2,(H,22,23,24). The van der Waals surface area contributed by atoms with Crippen LogP contribution in [-0.4, -0.2) is 43.4 Å². The molecule has 6 atom stereocenters. The van der Waals surface area contributed by atoms with Crippen LogP contribution in [0.15, 0.2) is 0 Å². The second-order valence-electron chi connectivity index (χ2n) is 9.02. The van der Waals surface area contributed by atoms with Gasteiger partial charge in [-0.25, -0.2) is 9.59 Å². The smallest absolute Gasteiger partial charge is 0.338 e. The minimum Gasteiger partial charge on any atom is -0.464 e. The summed E-state index contributed by atoms with van der Waals surface area (Å²) < 4.78 is 42.9. The van der Waals surface area contributed by atoms with E-state index in [-0.39, 0.29) is 25.0 Å². The number of hydrogen-bond donors (Lipinski definition) is 1. The minimum absolute atomic E-state index is 0.103. The number of carbonyl (C=O) groups is 2. The Balaban J connectivity index is 1.31. The predicted molar refractivity (Wildman–Crippen MR) is 95.1 cm³/mol. The summed E-state index contributed by atoms with van der Waals surface area (Å²) in [6, 6.07) is 0. The lowest BCUT2D eigenvalue weighted by atomic mass is 9.89. The zero-order chi connectivity index (χ0) is 19.2. The Morgan fingerprint density at radius 3 is 1.56 bits per heavy atom. The molecule has 27 heavy (non-hydrogen) atoms. The first kappa shape index (κ1) is 19.2. The fraction of sp³-hybridized carbons (Fsp3) is 0.895. The van der Waals surface area contributed by atoms with E-state index in [0.717, 1.165) is 38.5 Å². The number of ether oxygens (including phenoxy) is 2. The molecule has 4 rings (SSSR count). The van der Waals surface area contributed by atoms with Crippen molar-refractivity contribution in [2.24, 2.45) is 35.5 Å². The van der Waals surface area contributed by atoms with Gasteiger partial charge < -0.3 is 9.47 Å². The number of fused-ring (bicyclic) bond motifs is 4. The van der Waals surface area contributed by atoms with Gasteiger partial charge in [0, 0.05) is 0 Å². The van der Waals surface area contributed by atoms with Crippen LogP contribution in [0.4, 0.5) is 0 Å². The second kappa shape index (κ2) is 7.35. The first-order valence-corrected chi connectivity index (χ1v) is 11.6. The molecule has 152 valence electrons. The molecule has 0 aliphatic heterocycles. The molecular formula is C19H28O7S. The summed E-state index contributed by atoms with van der Waals surface area (Å²) in [5.41, 5.74) is 0. The van der Waals surface area contributed by atoms with Crippen molar-refractivity contribution >= 4 is 22.1 Å². The maximum atomic E-state index is 12.3. The van der Waals surface area contributed by atoms with Gasteiger partial charge in [0.05, 0.1) is 13.2 Å². The molecule has 0 radical (unpaired) electrons. The zero-order valence-corrected chi connectivity index (χ0v) is 16.2. The summed E-state index contributed by atoms with van der Waals surface area (Å²) in [5.74, 6) is 0.357. The number of hydrogen-bond acceptors (Lipinski definition) is 6. The third kappa shape index (κ3) is 4.01. The van der Waals surface area contributed by atoms with Crippen LogP contribution in [-0.2, 0) is 29.2 Å². The molecule has 0 saturated heterocycles. The maximum Gasteiger partial charge on any atom is 0.338 e. The van der Waals surface area contributed by atoms with Gasteiger partial charge in [0.25, 0.3) is 15.4 Å². The molecule has 6 unspecified atom stereocenters. The summed E-state index contributed by atoms with van der Waals surface area (Å²) in [4.78, 5) is 24.5. The van der Waals surface area contributed by atoms with E-state index in [1.165, 1.54) is 12.8 Å². The Hall–Kier alpha value is -1.15. The average Bonchev–Trinajstić information content (AvgIpc) is 3.37. The maximum absolute atomic E-state index is 12.3. The van der Waals surface area contributed by atoms with Crippen LogP contribution in [0, 0.1) is 35.5 Å². The number of carbonyl (C=O) groups excluding carboxylic acids is 2. The minimum atomic E-state index is -4.92. The van der Waals surface area contributed by atoms with Crippen molar-refractivity contribution in [3.05, 3.63) is 0 Å². The topological polar surface area (TPSA) is 107 Å². The van der Waals surface area contributed by atoms with Crippen LogP contribution < -0.4 is 0 Å². The van der Waals surface area contributed by atoms with Crippen molar-refractivity contribution in [2.75, 3.05) is 13.2 Å². The van der Waals surface area contributed by atoms with Gasteiger partial charge in [-0.15, -0.1) is 0 Å². The molecule has 8 heteroatoms. The Labute approximate surface area is 159 Å². The Morgan fingerprint density at radius 1 is 0.815 bits per heavy atom. The molecule has 1 N–H and O–H groups in total. The molecule has 0 aromatic rings. The fourth-order valence-electron chi connectivity index (χ4n) is 6.03. The van der Waals surface area contributed by atoms with Gasteiger partial charge in [0.15, 0.2) is 0 Å². The van der Waals surface area contributed by atoms with E-state index in [2.05, 4.69) is 0 Å². The number of esters is 2. The third-order valence-corrected chi connectivity index (χ3v) is 8.36. The van der Waals surface area contributed by atoms with Crippen molar-refractivity contribution < 1.29 is 32.0 Å². The second-order valence-corrected chi connectivity index (χ2v) is 10.5. The molecular weight excluding hydrogens is 372 g/mol. The van der Waals surface area contributed by atoms with Crippen molar-refractivity contribution in [1.82, 2.24) is 0 Å². The first-order chi connectivity index (χ1) is 12.8. The molecule has 0 aromatic heterocycles. The Bertz CT molecular complexity index is 659. The highest BCUT2D eigenvalue weighted by Crippen LogP contribution is 2.49. The monoisotopic (exact) mass is 400 g/mol. The van der Waals surface area contributed by atoms with E-state index in [1.54, 1.807) is 0 Å². The van der Waals surface area contributed by atoms with Gasteiger partial charge in [-0.3, -0.25) is 4.55 Å². The van der Waals surface area contributed by atoms with E-state index in [4.69, 9.17) is 9.47 Å². The van der Waals surface area contributed by atoms with E-state index in [0.29, 0.717) is 23.7 Å². The lowest BCUT2D eigenvalue weighted by molar-refractivity contribution is -0.156. The van der Waals surface area contributed by atoms with E-state index in [9.17, 15) is 22.6 Å². The molecule has 4 aliphatic rings. The van der Waals surface area contributed by atoms with E-state index >= 15 is 0 Å². The largest absolute Gasteiger partial charge is 0.464 e. The molecule has 4 fully saturated rings. The van der Waals surface area contributed by atoms with E-state index in [1.807, 2.05) is 0 Å². The Kier molecular flexibility index (Phi) is 5.22. The van der Waals surface area contributed by atoms with Gasteiger partial charge in [-0.05, 0) is 74.0 Å². The third-order valence-electron chi connectivity index (χ3n) is 7.37. The molecule has 4 aliphatic carbocycles. The van der Waals surface area contributed by atoms with Gasteiger partial charge in [-0.1, -0.05) is 12.8 Å². The van der Waals surface area contributed by atoms with Crippen LogP contribution in [0.2, 0.25) is 0 Å². The van der Waals surface area contributed by atoms with Gasteiger partial charge in [0.1, 0.15) is 0 Å². The Morgan fingerprint density at radius 2 is 1.26 bits per heavy atom. The van der Waals surface area contributed by atoms with Gasteiger partial charge in [0.2, 0.25) is 0 Å². The van der Waals surface area contributed by atoms with Crippen LogP contribution >= 0.6 is 0 Å². The highest BCUT2D eigenvalue weighted by atomic mass is 32.2. The van der Waals surface area contributed by atoms with Crippen LogP contribution in [0.3, 0.4) is 0 Å². The highest BCUT2D eigenvalue weighted by molar-refractivity contribution is 7.88. The van der Waals surface area contributed by atoms with Crippen molar-refractivity contribution in [2.45, 2.75) is 56.6 Å². The molecule has 0 aromatic carbocycles. The van der Waals surface area contributed by atoms with E-state index < -0.39 is 27.3 Å². The summed E-state index contributed by atoms with van der Waals surface area (Å²) in [6.07, 6.45) is 8.86. The van der Waals surface area contributed by atoms with Crippen LogP contribution in [0.5, 0.6) is 0 Å². The molecule has 4 bridgehead atoms. The molecule has 4 saturated carbocycles. The van der Waals surface area contributed by atoms with Crippen molar-refractivity contribution in [3.8, 4) is 0 Å². The van der Waals surface area contributed by atoms with Gasteiger partial charge in [-0.2, -0.15) is 8.42 Å². The average molecular weight is 400 g/mol. The summed E-state index contributed by atoms with van der Waals surface area (Å²) in [6.45, 7) is 0.206.